The molecule has 0 unspecified atom stereocenters. The maximum Gasteiger partial charge on any atom is 0.335 e. The third-order valence-electron chi connectivity index (χ3n) is 4.08. The van der Waals surface area contributed by atoms with Crippen molar-refractivity contribution in [2.75, 3.05) is 6.61 Å². The maximum atomic E-state index is 11.0. The molecule has 26 heavy (non-hydrogen) atoms. The number of carbonyl (C=O) groups is 1. The zero-order valence-corrected chi connectivity index (χ0v) is 14.3. The number of fused-ring (bicyclic) bond motifs is 1. The summed E-state index contributed by atoms with van der Waals surface area (Å²) in [6.07, 6.45) is 1.79. The number of rotatable bonds is 5. The number of allylic oxidation sites excluding steroid dienone is 1. The van der Waals surface area contributed by atoms with Crippen LogP contribution in [0.2, 0.25) is 0 Å². The van der Waals surface area contributed by atoms with Gasteiger partial charge in [-0.2, -0.15) is 5.26 Å². The number of carboxylic acid groups (broad SMARTS) is 1. The first-order valence-electron chi connectivity index (χ1n) is 8.24. The van der Waals surface area contributed by atoms with Gasteiger partial charge in [0.2, 0.25) is 0 Å². The van der Waals surface area contributed by atoms with Crippen LogP contribution in [0, 0.1) is 11.3 Å². The molecule has 3 rings (SSSR count). The number of hydrogen-bond donors (Lipinski definition) is 1. The van der Waals surface area contributed by atoms with E-state index in [0.717, 1.165) is 16.3 Å². The van der Waals surface area contributed by atoms with Crippen LogP contribution in [0.15, 0.2) is 60.7 Å². The molecule has 0 heterocycles. The fourth-order valence-electron chi connectivity index (χ4n) is 2.82. The molecule has 0 saturated carbocycles. The van der Waals surface area contributed by atoms with Crippen LogP contribution in [0.4, 0.5) is 0 Å². The monoisotopic (exact) mass is 343 g/mol. The van der Waals surface area contributed by atoms with E-state index in [1.54, 1.807) is 18.2 Å². The quantitative estimate of drug-likeness (QED) is 0.523. The van der Waals surface area contributed by atoms with Crippen molar-refractivity contribution < 1.29 is 14.6 Å². The van der Waals surface area contributed by atoms with Gasteiger partial charge in [-0.15, -0.1) is 0 Å². The number of nitrogens with zero attached hydrogens (tertiary/aromatic N) is 1. The second-order valence-electron chi connectivity index (χ2n) is 5.68. The highest BCUT2D eigenvalue weighted by atomic mass is 16.5. The molecule has 0 radical (unpaired) electrons. The number of aromatic carboxylic acids is 1. The lowest BCUT2D eigenvalue weighted by atomic mass is 9.98. The Balaban J connectivity index is 2.15. The van der Waals surface area contributed by atoms with Gasteiger partial charge < -0.3 is 9.84 Å². The van der Waals surface area contributed by atoms with Gasteiger partial charge in [-0.3, -0.25) is 0 Å². The molecule has 4 nitrogen and oxygen atoms in total. The summed E-state index contributed by atoms with van der Waals surface area (Å²) >= 11 is 0. The van der Waals surface area contributed by atoms with Crippen LogP contribution in [-0.2, 0) is 0 Å². The highest BCUT2D eigenvalue weighted by Crippen LogP contribution is 2.32. The second-order valence-corrected chi connectivity index (χ2v) is 5.68. The van der Waals surface area contributed by atoms with E-state index in [9.17, 15) is 10.1 Å². The van der Waals surface area contributed by atoms with Crippen molar-refractivity contribution in [3.05, 3.63) is 77.4 Å². The lowest BCUT2D eigenvalue weighted by Crippen LogP contribution is -1.96. The van der Waals surface area contributed by atoms with E-state index in [4.69, 9.17) is 9.84 Å². The minimum Gasteiger partial charge on any atom is -0.493 e. The molecule has 0 aliphatic heterocycles. The molecule has 3 aromatic rings. The first-order valence-corrected chi connectivity index (χ1v) is 8.24. The predicted molar refractivity (Wildman–Crippen MR) is 102 cm³/mol. The molecule has 0 fully saturated rings. The van der Waals surface area contributed by atoms with Gasteiger partial charge in [0.1, 0.15) is 5.75 Å². The van der Waals surface area contributed by atoms with Gasteiger partial charge >= 0.3 is 5.97 Å². The summed E-state index contributed by atoms with van der Waals surface area (Å²) in [5.41, 5.74) is 2.13. The SMILES string of the molecule is CCOc1ccc2ccccc2c1/C=C(/C#N)c1ccc(C(=O)O)cc1. The molecule has 0 saturated heterocycles. The van der Waals surface area contributed by atoms with E-state index in [2.05, 4.69) is 6.07 Å². The zero-order chi connectivity index (χ0) is 18.5. The third kappa shape index (κ3) is 3.42. The number of carboxylic acids is 1. The third-order valence-corrected chi connectivity index (χ3v) is 4.08. The normalized spacial score (nSPS) is 11.2. The van der Waals surface area contributed by atoms with Crippen molar-refractivity contribution in [3.8, 4) is 11.8 Å². The lowest BCUT2D eigenvalue weighted by molar-refractivity contribution is 0.0697. The molecular formula is C22H17NO3. The average Bonchev–Trinajstić information content (AvgIpc) is 2.67. The molecule has 3 aromatic carbocycles. The first kappa shape index (κ1) is 17.2. The van der Waals surface area contributed by atoms with Crippen molar-refractivity contribution >= 4 is 28.4 Å². The van der Waals surface area contributed by atoms with E-state index in [1.165, 1.54) is 12.1 Å². The number of nitriles is 1. The molecule has 0 spiro atoms. The fourth-order valence-corrected chi connectivity index (χ4v) is 2.82. The van der Waals surface area contributed by atoms with Crippen LogP contribution in [0.3, 0.4) is 0 Å². The number of ether oxygens (including phenoxy) is 1. The molecule has 0 bridgehead atoms. The van der Waals surface area contributed by atoms with Gasteiger partial charge in [-0.1, -0.05) is 42.5 Å². The highest BCUT2D eigenvalue weighted by molar-refractivity contribution is 6.00. The molecule has 0 aliphatic rings. The Morgan fingerprint density at radius 3 is 2.42 bits per heavy atom. The molecule has 0 amide bonds. The van der Waals surface area contributed by atoms with Crippen molar-refractivity contribution in [3.63, 3.8) is 0 Å². The van der Waals surface area contributed by atoms with E-state index in [-0.39, 0.29) is 5.56 Å². The molecule has 128 valence electrons. The van der Waals surface area contributed by atoms with Gasteiger partial charge in [-0.25, -0.2) is 4.79 Å². The van der Waals surface area contributed by atoms with Crippen LogP contribution in [0.5, 0.6) is 5.75 Å². The van der Waals surface area contributed by atoms with Crippen molar-refractivity contribution in [1.29, 1.82) is 5.26 Å². The summed E-state index contributed by atoms with van der Waals surface area (Å²) in [6.45, 7) is 2.44. The van der Waals surface area contributed by atoms with Gasteiger partial charge in [0.15, 0.2) is 0 Å². The second kappa shape index (κ2) is 7.54. The summed E-state index contributed by atoms with van der Waals surface area (Å²) in [5.74, 6) is -0.284. The van der Waals surface area contributed by atoms with Crippen LogP contribution < -0.4 is 4.74 Å². The van der Waals surface area contributed by atoms with E-state index >= 15 is 0 Å². The molecule has 0 aromatic heterocycles. The summed E-state index contributed by atoms with van der Waals surface area (Å²) in [5, 5.41) is 20.7. The Morgan fingerprint density at radius 2 is 1.77 bits per heavy atom. The Hall–Kier alpha value is -3.58. The predicted octanol–water partition coefficient (Wildman–Crippen LogP) is 5.00. The Bertz CT molecular complexity index is 1030. The summed E-state index contributed by atoms with van der Waals surface area (Å²) in [4.78, 5) is 11.0. The maximum absolute atomic E-state index is 11.0. The smallest absolute Gasteiger partial charge is 0.335 e. The largest absolute Gasteiger partial charge is 0.493 e. The lowest BCUT2D eigenvalue weighted by Gasteiger charge is -2.11. The van der Waals surface area contributed by atoms with Crippen LogP contribution >= 0.6 is 0 Å². The molecular weight excluding hydrogens is 326 g/mol. The van der Waals surface area contributed by atoms with Crippen molar-refractivity contribution in [2.24, 2.45) is 0 Å². The average molecular weight is 343 g/mol. The molecule has 0 atom stereocenters. The van der Waals surface area contributed by atoms with Crippen molar-refractivity contribution in [2.45, 2.75) is 6.92 Å². The van der Waals surface area contributed by atoms with Crippen LogP contribution in [0.1, 0.15) is 28.4 Å². The molecule has 0 aliphatic carbocycles. The topological polar surface area (TPSA) is 70.3 Å². The number of hydrogen-bond acceptors (Lipinski definition) is 3. The van der Waals surface area contributed by atoms with E-state index in [1.807, 2.05) is 43.3 Å². The molecule has 4 heteroatoms. The minimum absolute atomic E-state index is 0.186. The summed E-state index contributed by atoms with van der Waals surface area (Å²) < 4.78 is 5.75. The molecule has 1 N–H and O–H groups in total. The van der Waals surface area contributed by atoms with Crippen molar-refractivity contribution in [1.82, 2.24) is 0 Å². The van der Waals surface area contributed by atoms with Gasteiger partial charge in [0.05, 0.1) is 23.8 Å². The van der Waals surface area contributed by atoms with Gasteiger partial charge in [0, 0.05) is 5.56 Å². The van der Waals surface area contributed by atoms with Crippen LogP contribution in [0.25, 0.3) is 22.4 Å². The highest BCUT2D eigenvalue weighted by Gasteiger charge is 2.10. The van der Waals surface area contributed by atoms with E-state index in [0.29, 0.717) is 23.5 Å². The minimum atomic E-state index is -0.994. The standard InChI is InChI=1S/C22H17NO3/c1-2-26-21-12-11-16-5-3-4-6-19(16)20(21)13-18(14-23)15-7-9-17(10-8-15)22(24)25/h3-13H,2H2,1H3,(H,24,25)/b18-13-. The summed E-state index contributed by atoms with van der Waals surface area (Å²) in [6, 6.07) is 20.3. The van der Waals surface area contributed by atoms with Gasteiger partial charge in [0.25, 0.3) is 0 Å². The Labute approximate surface area is 151 Å². The number of benzene rings is 3. The first-order chi connectivity index (χ1) is 12.6. The fraction of sp³-hybridized carbons (Fsp3) is 0.0909. The van der Waals surface area contributed by atoms with Crippen LogP contribution in [-0.4, -0.2) is 17.7 Å². The Kier molecular flexibility index (Phi) is 5.00. The zero-order valence-electron chi connectivity index (χ0n) is 14.3. The van der Waals surface area contributed by atoms with Gasteiger partial charge in [-0.05, 0) is 47.5 Å². The van der Waals surface area contributed by atoms with E-state index < -0.39 is 5.97 Å². The Morgan fingerprint density at radius 1 is 1.08 bits per heavy atom. The summed E-state index contributed by atoms with van der Waals surface area (Å²) in [7, 11) is 0.